The second-order valence-electron chi connectivity index (χ2n) is 5.24. The van der Waals surface area contributed by atoms with Crippen molar-refractivity contribution in [2.75, 3.05) is 0 Å². The number of hydrogen-bond donors (Lipinski definition) is 1. The molecule has 1 aromatic carbocycles. The predicted molar refractivity (Wildman–Crippen MR) is 82.3 cm³/mol. The molecule has 0 bridgehead atoms. The number of amides is 1. The number of aromatic nitrogens is 2. The van der Waals surface area contributed by atoms with Gasteiger partial charge >= 0.3 is 6.09 Å². The zero-order valence-electron chi connectivity index (χ0n) is 13.1. The maximum atomic E-state index is 13.4. The molecule has 0 radical (unpaired) electrons. The summed E-state index contributed by atoms with van der Waals surface area (Å²) in [5.74, 6) is -1.38. The summed E-state index contributed by atoms with van der Waals surface area (Å²) in [4.78, 5) is 15.3. The van der Waals surface area contributed by atoms with Gasteiger partial charge in [-0.25, -0.2) is 22.9 Å². The minimum Gasteiger partial charge on any atom is -0.442 e. The summed E-state index contributed by atoms with van der Waals surface area (Å²) in [6.07, 6.45) is -1.00. The number of hydrogen-bond acceptors (Lipinski definition) is 4. The SMILES string of the molecule is CC(C)c1c(Sc2cc(F)cc(F)c2)nc(COC(N)=O)n1CF. The smallest absolute Gasteiger partial charge is 0.404 e. The zero-order valence-corrected chi connectivity index (χ0v) is 13.9. The van der Waals surface area contributed by atoms with Crippen LogP contribution in [0.25, 0.3) is 0 Å². The molecule has 0 aliphatic carbocycles. The molecule has 9 heteroatoms. The average molecular weight is 359 g/mol. The molecule has 0 aliphatic rings. The molecule has 0 fully saturated rings. The number of alkyl halides is 1. The fraction of sp³-hybridized carbons (Fsp3) is 0.333. The molecule has 1 aromatic heterocycles. The van der Waals surface area contributed by atoms with E-state index in [2.05, 4.69) is 9.72 Å². The van der Waals surface area contributed by atoms with Crippen LogP contribution < -0.4 is 5.73 Å². The van der Waals surface area contributed by atoms with E-state index in [0.29, 0.717) is 15.6 Å². The van der Waals surface area contributed by atoms with Crippen LogP contribution >= 0.6 is 11.8 Å². The van der Waals surface area contributed by atoms with Gasteiger partial charge in [0.15, 0.2) is 19.2 Å². The highest BCUT2D eigenvalue weighted by Gasteiger charge is 2.21. The molecular formula is C15H16F3N3O2S. The van der Waals surface area contributed by atoms with Crippen molar-refractivity contribution in [2.45, 2.75) is 43.1 Å². The van der Waals surface area contributed by atoms with E-state index in [-0.39, 0.29) is 18.3 Å². The molecule has 0 saturated heterocycles. The van der Waals surface area contributed by atoms with Crippen molar-refractivity contribution in [1.82, 2.24) is 9.55 Å². The molecule has 0 spiro atoms. The highest BCUT2D eigenvalue weighted by Crippen LogP contribution is 2.35. The van der Waals surface area contributed by atoms with E-state index in [9.17, 15) is 18.0 Å². The highest BCUT2D eigenvalue weighted by atomic mass is 32.2. The lowest BCUT2D eigenvalue weighted by Crippen LogP contribution is -2.15. The van der Waals surface area contributed by atoms with Crippen LogP contribution in [0.2, 0.25) is 0 Å². The molecule has 0 atom stereocenters. The van der Waals surface area contributed by atoms with Crippen molar-refractivity contribution in [3.05, 3.63) is 41.4 Å². The maximum Gasteiger partial charge on any atom is 0.404 e. The van der Waals surface area contributed by atoms with Gasteiger partial charge in [0.2, 0.25) is 0 Å². The molecule has 24 heavy (non-hydrogen) atoms. The first-order valence-corrected chi connectivity index (χ1v) is 7.85. The third kappa shape index (κ3) is 4.22. The minimum atomic E-state index is -1.00. The van der Waals surface area contributed by atoms with Crippen LogP contribution in [0.15, 0.2) is 28.1 Å². The van der Waals surface area contributed by atoms with E-state index in [4.69, 9.17) is 5.73 Å². The van der Waals surface area contributed by atoms with Gasteiger partial charge in [0.1, 0.15) is 16.7 Å². The van der Waals surface area contributed by atoms with Crippen LogP contribution in [0.3, 0.4) is 0 Å². The first-order chi connectivity index (χ1) is 11.3. The molecule has 2 aromatic rings. The van der Waals surface area contributed by atoms with Crippen LogP contribution in [0.5, 0.6) is 0 Å². The highest BCUT2D eigenvalue weighted by molar-refractivity contribution is 7.99. The molecule has 130 valence electrons. The molecule has 0 unspecified atom stereocenters. The molecule has 1 amide bonds. The Labute approximate surface area is 141 Å². The minimum absolute atomic E-state index is 0.114. The number of imidazole rings is 1. The average Bonchev–Trinajstić information content (AvgIpc) is 2.81. The molecule has 2 rings (SSSR count). The van der Waals surface area contributed by atoms with Crippen LogP contribution in [0.4, 0.5) is 18.0 Å². The Balaban J connectivity index is 2.41. The number of nitrogens with two attached hydrogens (primary N) is 1. The van der Waals surface area contributed by atoms with Crippen molar-refractivity contribution in [3.8, 4) is 0 Å². The molecule has 1 heterocycles. The van der Waals surface area contributed by atoms with Crippen LogP contribution in [-0.2, 0) is 18.1 Å². The number of carbonyl (C=O) groups excluding carboxylic acids is 1. The van der Waals surface area contributed by atoms with Gasteiger partial charge in [-0.3, -0.25) is 4.57 Å². The van der Waals surface area contributed by atoms with E-state index in [1.54, 1.807) is 0 Å². The summed E-state index contributed by atoms with van der Waals surface area (Å²) in [7, 11) is 0. The number of rotatable bonds is 6. The second kappa shape index (κ2) is 7.61. The van der Waals surface area contributed by atoms with Crippen molar-refractivity contribution in [3.63, 3.8) is 0 Å². The lowest BCUT2D eigenvalue weighted by molar-refractivity contribution is 0.144. The quantitative estimate of drug-likeness (QED) is 0.848. The van der Waals surface area contributed by atoms with Crippen molar-refractivity contribution in [1.29, 1.82) is 0 Å². The first-order valence-electron chi connectivity index (χ1n) is 7.03. The summed E-state index contributed by atoms with van der Waals surface area (Å²) < 4.78 is 46.0. The zero-order chi connectivity index (χ0) is 17.9. The number of nitrogens with zero attached hydrogens (tertiary/aromatic N) is 2. The van der Waals surface area contributed by atoms with Crippen LogP contribution in [0, 0.1) is 11.6 Å². The Hall–Kier alpha value is -2.16. The summed E-state index contributed by atoms with van der Waals surface area (Å²) in [6, 6.07) is 3.08. The van der Waals surface area contributed by atoms with Gasteiger partial charge in [0.25, 0.3) is 0 Å². The Morgan fingerprint density at radius 3 is 2.46 bits per heavy atom. The molecule has 5 nitrogen and oxygen atoms in total. The first kappa shape index (κ1) is 18.2. The van der Waals surface area contributed by atoms with E-state index in [0.717, 1.165) is 30.0 Å². The number of primary amides is 1. The van der Waals surface area contributed by atoms with E-state index >= 15 is 0 Å². The van der Waals surface area contributed by atoms with Gasteiger partial charge in [-0.2, -0.15) is 0 Å². The third-order valence-electron chi connectivity index (χ3n) is 3.11. The summed E-state index contributed by atoms with van der Waals surface area (Å²) in [5, 5.41) is 0.385. The lowest BCUT2D eigenvalue weighted by atomic mass is 10.1. The Kier molecular flexibility index (Phi) is 5.76. The lowest BCUT2D eigenvalue weighted by Gasteiger charge is -2.11. The van der Waals surface area contributed by atoms with E-state index in [1.807, 2.05) is 13.8 Å². The summed E-state index contributed by atoms with van der Waals surface area (Å²) >= 11 is 1.01. The molecular weight excluding hydrogens is 343 g/mol. The predicted octanol–water partition coefficient (Wildman–Crippen LogP) is 3.96. The van der Waals surface area contributed by atoms with Gasteiger partial charge in [-0.05, 0) is 18.1 Å². The summed E-state index contributed by atoms with van der Waals surface area (Å²) in [6.45, 7) is 2.49. The number of halogens is 3. The molecule has 2 N–H and O–H groups in total. The van der Waals surface area contributed by atoms with E-state index in [1.165, 1.54) is 4.57 Å². The van der Waals surface area contributed by atoms with Gasteiger partial charge in [-0.1, -0.05) is 25.6 Å². The van der Waals surface area contributed by atoms with Crippen molar-refractivity contribution >= 4 is 17.9 Å². The second-order valence-corrected chi connectivity index (χ2v) is 6.30. The molecule has 0 aliphatic heterocycles. The Morgan fingerprint density at radius 1 is 1.33 bits per heavy atom. The maximum absolute atomic E-state index is 13.4. The summed E-state index contributed by atoms with van der Waals surface area (Å²) in [5.41, 5.74) is 5.45. The van der Waals surface area contributed by atoms with Crippen molar-refractivity contribution in [2.24, 2.45) is 5.73 Å². The van der Waals surface area contributed by atoms with Gasteiger partial charge < -0.3 is 10.5 Å². The Bertz CT molecular complexity index is 730. The number of ether oxygens (including phenoxy) is 1. The fourth-order valence-corrected chi connectivity index (χ4v) is 3.37. The topological polar surface area (TPSA) is 70.1 Å². The van der Waals surface area contributed by atoms with E-state index < -0.39 is 24.5 Å². The van der Waals surface area contributed by atoms with Crippen LogP contribution in [-0.4, -0.2) is 15.6 Å². The van der Waals surface area contributed by atoms with Crippen molar-refractivity contribution < 1.29 is 22.7 Å². The monoisotopic (exact) mass is 359 g/mol. The van der Waals surface area contributed by atoms with Gasteiger partial charge in [-0.15, -0.1) is 0 Å². The number of carbonyl (C=O) groups is 1. The normalized spacial score (nSPS) is 11.1. The standard InChI is InChI=1S/C15H16F3N3O2S/c1-8(2)13-14(24-11-4-9(17)3-10(18)5-11)20-12(21(13)7-16)6-23-15(19)22/h3-5,8H,6-7H2,1-2H3,(H2,19,22). The van der Waals surface area contributed by atoms with Crippen LogP contribution in [0.1, 0.15) is 31.3 Å². The van der Waals surface area contributed by atoms with Gasteiger partial charge in [0, 0.05) is 11.0 Å². The largest absolute Gasteiger partial charge is 0.442 e. The Morgan fingerprint density at radius 2 is 1.96 bits per heavy atom. The van der Waals surface area contributed by atoms with Gasteiger partial charge in [0.05, 0.1) is 5.69 Å². The molecule has 0 saturated carbocycles. The fourth-order valence-electron chi connectivity index (χ4n) is 2.20. The number of benzene rings is 1. The third-order valence-corrected chi connectivity index (χ3v) is 4.08.